The summed E-state index contributed by atoms with van der Waals surface area (Å²) >= 11 is 0. The molecule has 0 spiro atoms. The molecular weight excluding hydrogens is 212 g/mol. The van der Waals surface area contributed by atoms with Crippen LogP contribution < -0.4 is 10.6 Å². The van der Waals surface area contributed by atoms with Crippen LogP contribution in [0, 0.1) is 5.92 Å². The third kappa shape index (κ3) is 6.06. The number of rotatable bonds is 3. The van der Waals surface area contributed by atoms with Crippen molar-refractivity contribution in [1.29, 1.82) is 0 Å². The number of hydrogen-bond donors (Lipinski definition) is 2. The monoisotopic (exact) mass is 240 g/mol. The molecule has 0 radical (unpaired) electrons. The lowest BCUT2D eigenvalue weighted by molar-refractivity contribution is -0.121. The first-order valence-electron chi connectivity index (χ1n) is 6.93. The zero-order valence-electron chi connectivity index (χ0n) is 11.8. The molecule has 17 heavy (non-hydrogen) atoms. The minimum Gasteiger partial charge on any atom is -0.350 e. The van der Waals surface area contributed by atoms with Crippen LogP contribution in [0.15, 0.2) is 0 Å². The molecule has 0 aliphatic heterocycles. The van der Waals surface area contributed by atoms with E-state index >= 15 is 0 Å². The van der Waals surface area contributed by atoms with Crippen molar-refractivity contribution in [3.63, 3.8) is 0 Å². The molecule has 3 heteroatoms. The third-order valence-electron chi connectivity index (χ3n) is 3.40. The summed E-state index contributed by atoms with van der Waals surface area (Å²) in [6.45, 7) is 8.79. The van der Waals surface area contributed by atoms with E-state index in [-0.39, 0.29) is 11.4 Å². The fourth-order valence-electron chi connectivity index (χ4n) is 2.48. The van der Waals surface area contributed by atoms with Gasteiger partial charge in [-0.3, -0.25) is 4.79 Å². The molecule has 0 aromatic rings. The van der Waals surface area contributed by atoms with E-state index in [4.69, 9.17) is 0 Å². The van der Waals surface area contributed by atoms with E-state index in [9.17, 15) is 4.79 Å². The maximum absolute atomic E-state index is 11.7. The van der Waals surface area contributed by atoms with E-state index in [0.717, 1.165) is 0 Å². The first-order chi connectivity index (χ1) is 7.88. The van der Waals surface area contributed by atoms with E-state index in [0.29, 0.717) is 18.5 Å². The van der Waals surface area contributed by atoms with Crippen LogP contribution in [0.1, 0.15) is 59.8 Å². The lowest BCUT2D eigenvalue weighted by atomic mass is 9.97. The summed E-state index contributed by atoms with van der Waals surface area (Å²) in [6.07, 6.45) is 6.48. The van der Waals surface area contributed by atoms with Gasteiger partial charge in [0.2, 0.25) is 5.91 Å². The van der Waals surface area contributed by atoms with Gasteiger partial charge < -0.3 is 10.6 Å². The Morgan fingerprint density at radius 2 is 1.82 bits per heavy atom. The average Bonchev–Trinajstić information content (AvgIpc) is 2.37. The molecule has 2 unspecified atom stereocenters. The second-order valence-corrected chi connectivity index (χ2v) is 6.40. The summed E-state index contributed by atoms with van der Waals surface area (Å²) in [5, 5.41) is 6.41. The van der Waals surface area contributed by atoms with Gasteiger partial charge in [-0.1, -0.05) is 26.2 Å². The van der Waals surface area contributed by atoms with E-state index in [1.54, 1.807) is 0 Å². The summed E-state index contributed by atoms with van der Waals surface area (Å²) in [5.41, 5.74) is -0.131. The van der Waals surface area contributed by atoms with Gasteiger partial charge in [0.25, 0.3) is 0 Å². The number of nitrogens with one attached hydrogen (secondary N) is 2. The van der Waals surface area contributed by atoms with Crippen molar-refractivity contribution in [2.75, 3.05) is 6.54 Å². The Balaban J connectivity index is 2.31. The maximum atomic E-state index is 11.7. The molecule has 100 valence electrons. The van der Waals surface area contributed by atoms with Gasteiger partial charge in [-0.05, 0) is 39.5 Å². The lowest BCUT2D eigenvalue weighted by Gasteiger charge is -2.25. The standard InChI is InChI=1S/C14H28N2O/c1-11-8-6-5-7-9-12(11)15-10-13(17)16-14(2,3)4/h11-12,15H,5-10H2,1-4H3,(H,16,17). The fourth-order valence-corrected chi connectivity index (χ4v) is 2.48. The summed E-state index contributed by atoms with van der Waals surface area (Å²) < 4.78 is 0. The summed E-state index contributed by atoms with van der Waals surface area (Å²) in [6, 6.07) is 0.517. The predicted octanol–water partition coefficient (Wildman–Crippen LogP) is 2.46. The molecule has 0 saturated heterocycles. The van der Waals surface area contributed by atoms with Crippen LogP contribution in [-0.4, -0.2) is 24.0 Å². The van der Waals surface area contributed by atoms with Crippen molar-refractivity contribution in [2.24, 2.45) is 5.92 Å². The van der Waals surface area contributed by atoms with Crippen molar-refractivity contribution in [1.82, 2.24) is 10.6 Å². The molecule has 2 atom stereocenters. The van der Waals surface area contributed by atoms with Gasteiger partial charge in [0.1, 0.15) is 0 Å². The predicted molar refractivity (Wildman–Crippen MR) is 71.9 cm³/mol. The Kier molecular flexibility index (Phi) is 5.44. The highest BCUT2D eigenvalue weighted by Crippen LogP contribution is 2.22. The Labute approximate surface area is 106 Å². The topological polar surface area (TPSA) is 41.1 Å². The van der Waals surface area contributed by atoms with E-state index in [2.05, 4.69) is 17.6 Å². The van der Waals surface area contributed by atoms with Gasteiger partial charge in [0.05, 0.1) is 6.54 Å². The Morgan fingerprint density at radius 3 is 2.47 bits per heavy atom. The van der Waals surface area contributed by atoms with Crippen LogP contribution in [0.2, 0.25) is 0 Å². The molecule has 1 aliphatic rings. The van der Waals surface area contributed by atoms with Crippen LogP contribution in [-0.2, 0) is 4.79 Å². The number of carbonyl (C=O) groups excluding carboxylic acids is 1. The van der Waals surface area contributed by atoms with Crippen LogP contribution in [0.4, 0.5) is 0 Å². The van der Waals surface area contributed by atoms with Gasteiger partial charge >= 0.3 is 0 Å². The van der Waals surface area contributed by atoms with E-state index in [1.807, 2.05) is 20.8 Å². The Morgan fingerprint density at radius 1 is 1.18 bits per heavy atom. The number of amides is 1. The maximum Gasteiger partial charge on any atom is 0.234 e. The molecule has 2 N–H and O–H groups in total. The quantitative estimate of drug-likeness (QED) is 0.744. The minimum absolute atomic E-state index is 0.106. The van der Waals surface area contributed by atoms with Crippen molar-refractivity contribution in [3.8, 4) is 0 Å². The van der Waals surface area contributed by atoms with Crippen LogP contribution >= 0.6 is 0 Å². The molecule has 1 saturated carbocycles. The Hall–Kier alpha value is -0.570. The van der Waals surface area contributed by atoms with E-state index < -0.39 is 0 Å². The second kappa shape index (κ2) is 6.39. The highest BCUT2D eigenvalue weighted by atomic mass is 16.2. The molecule has 3 nitrogen and oxygen atoms in total. The first-order valence-corrected chi connectivity index (χ1v) is 6.93. The SMILES string of the molecule is CC1CCCCCC1NCC(=O)NC(C)(C)C. The number of carbonyl (C=O) groups is 1. The largest absolute Gasteiger partial charge is 0.350 e. The minimum atomic E-state index is -0.131. The molecule has 1 fully saturated rings. The van der Waals surface area contributed by atoms with Gasteiger partial charge in [-0.2, -0.15) is 0 Å². The Bertz CT molecular complexity index is 245. The molecule has 0 bridgehead atoms. The molecule has 0 aromatic carbocycles. The van der Waals surface area contributed by atoms with Crippen molar-refractivity contribution in [3.05, 3.63) is 0 Å². The van der Waals surface area contributed by atoms with Crippen molar-refractivity contribution in [2.45, 2.75) is 71.4 Å². The van der Waals surface area contributed by atoms with Crippen molar-refractivity contribution >= 4 is 5.91 Å². The molecule has 0 heterocycles. The van der Waals surface area contributed by atoms with Crippen LogP contribution in [0.5, 0.6) is 0 Å². The summed E-state index contributed by atoms with van der Waals surface area (Å²) in [5.74, 6) is 0.800. The van der Waals surface area contributed by atoms with Gasteiger partial charge in [0.15, 0.2) is 0 Å². The molecule has 1 rings (SSSR count). The van der Waals surface area contributed by atoms with Gasteiger partial charge in [-0.25, -0.2) is 0 Å². The lowest BCUT2D eigenvalue weighted by Crippen LogP contribution is -2.47. The van der Waals surface area contributed by atoms with Crippen LogP contribution in [0.25, 0.3) is 0 Å². The molecular formula is C14H28N2O. The molecule has 1 amide bonds. The zero-order chi connectivity index (χ0) is 12.9. The van der Waals surface area contributed by atoms with Gasteiger partial charge in [0, 0.05) is 11.6 Å². The van der Waals surface area contributed by atoms with Gasteiger partial charge in [-0.15, -0.1) is 0 Å². The van der Waals surface area contributed by atoms with Crippen molar-refractivity contribution < 1.29 is 4.79 Å². The zero-order valence-corrected chi connectivity index (χ0v) is 11.8. The molecule has 0 aromatic heterocycles. The first kappa shape index (κ1) is 14.5. The van der Waals surface area contributed by atoms with E-state index in [1.165, 1.54) is 32.1 Å². The smallest absolute Gasteiger partial charge is 0.234 e. The normalized spacial score (nSPS) is 26.4. The fraction of sp³-hybridized carbons (Fsp3) is 0.929. The van der Waals surface area contributed by atoms with Crippen LogP contribution in [0.3, 0.4) is 0 Å². The second-order valence-electron chi connectivity index (χ2n) is 6.40. The summed E-state index contributed by atoms with van der Waals surface area (Å²) in [7, 11) is 0. The highest BCUT2D eigenvalue weighted by molar-refractivity contribution is 5.78. The number of hydrogen-bond acceptors (Lipinski definition) is 2. The third-order valence-corrected chi connectivity index (χ3v) is 3.40. The highest BCUT2D eigenvalue weighted by Gasteiger charge is 2.21. The average molecular weight is 240 g/mol. The molecule has 1 aliphatic carbocycles. The summed E-state index contributed by atoms with van der Waals surface area (Å²) in [4.78, 5) is 11.7.